The Kier molecular flexibility index (Phi) is 6.29. The van der Waals surface area contributed by atoms with Gasteiger partial charge in [0.05, 0.1) is 31.5 Å². The molecule has 0 spiro atoms. The number of carbonyl (C=O) groups is 1. The van der Waals surface area contributed by atoms with Gasteiger partial charge >= 0.3 is 6.09 Å². The van der Waals surface area contributed by atoms with Gasteiger partial charge in [0.25, 0.3) is 0 Å². The van der Waals surface area contributed by atoms with Gasteiger partial charge in [-0.05, 0) is 19.1 Å². The van der Waals surface area contributed by atoms with Crippen molar-refractivity contribution in [2.45, 2.75) is 11.8 Å². The van der Waals surface area contributed by atoms with Crippen LogP contribution < -0.4 is 14.8 Å². The second kappa shape index (κ2) is 7.72. The predicted molar refractivity (Wildman–Crippen MR) is 76.6 cm³/mol. The number of sulfone groups is 1. The van der Waals surface area contributed by atoms with E-state index in [0.29, 0.717) is 11.5 Å². The van der Waals surface area contributed by atoms with Gasteiger partial charge in [0.15, 0.2) is 21.3 Å². The van der Waals surface area contributed by atoms with Gasteiger partial charge < -0.3 is 19.5 Å². The number of amides is 1. The number of alkyl carbamates (subject to hydrolysis) is 1. The maximum atomic E-state index is 12.2. The molecule has 1 N–H and O–H groups in total. The van der Waals surface area contributed by atoms with E-state index in [-0.39, 0.29) is 23.8 Å². The number of methoxy groups -OCH3 is 2. The van der Waals surface area contributed by atoms with Crippen molar-refractivity contribution in [2.24, 2.45) is 0 Å². The smallest absolute Gasteiger partial charge is 0.407 e. The Balaban J connectivity index is 2.76. The first-order valence-electron chi connectivity index (χ1n) is 6.30. The lowest BCUT2D eigenvalue weighted by Gasteiger charge is -2.10. The standard InChI is InChI=1S/C13H19NO6S/c1-4-20-13(15)14-7-8-21(16,17)10-5-6-11(18-2)12(9-10)19-3/h5-6,9H,4,7-8H2,1-3H3,(H,14,15). The van der Waals surface area contributed by atoms with Crippen molar-refractivity contribution >= 4 is 15.9 Å². The molecule has 0 fully saturated rings. The molecule has 0 aliphatic carbocycles. The number of nitrogens with one attached hydrogen (secondary N) is 1. The fraction of sp³-hybridized carbons (Fsp3) is 0.462. The lowest BCUT2D eigenvalue weighted by Crippen LogP contribution is -2.29. The average Bonchev–Trinajstić information content (AvgIpc) is 2.46. The minimum absolute atomic E-state index is 0.0322. The number of hydrogen-bond donors (Lipinski definition) is 1. The molecule has 0 aromatic heterocycles. The third-order valence-corrected chi connectivity index (χ3v) is 4.34. The van der Waals surface area contributed by atoms with Gasteiger partial charge in [-0.15, -0.1) is 0 Å². The summed E-state index contributed by atoms with van der Waals surface area (Å²) < 4.78 is 39.1. The molecule has 21 heavy (non-hydrogen) atoms. The van der Waals surface area contributed by atoms with Gasteiger partial charge in [0.1, 0.15) is 0 Å². The second-order valence-corrected chi connectivity index (χ2v) is 6.09. The first-order valence-corrected chi connectivity index (χ1v) is 7.95. The summed E-state index contributed by atoms with van der Waals surface area (Å²) in [7, 11) is -0.640. The van der Waals surface area contributed by atoms with Crippen molar-refractivity contribution < 1.29 is 27.4 Å². The molecule has 7 nitrogen and oxygen atoms in total. The molecule has 1 amide bonds. The summed E-state index contributed by atoms with van der Waals surface area (Å²) in [6, 6.07) is 4.34. The van der Waals surface area contributed by atoms with E-state index in [0.717, 1.165) is 0 Å². The van der Waals surface area contributed by atoms with E-state index in [1.807, 2.05) is 0 Å². The number of ether oxygens (including phenoxy) is 3. The zero-order chi connectivity index (χ0) is 15.9. The van der Waals surface area contributed by atoms with Gasteiger partial charge in [-0.25, -0.2) is 13.2 Å². The molecule has 0 radical (unpaired) electrons. The van der Waals surface area contributed by atoms with Gasteiger partial charge in [0, 0.05) is 12.6 Å². The molecule has 0 saturated carbocycles. The first-order chi connectivity index (χ1) is 9.94. The van der Waals surface area contributed by atoms with Crippen LogP contribution in [-0.2, 0) is 14.6 Å². The van der Waals surface area contributed by atoms with Crippen LogP contribution in [0.2, 0.25) is 0 Å². The van der Waals surface area contributed by atoms with E-state index in [2.05, 4.69) is 10.1 Å². The molecule has 0 aliphatic heterocycles. The highest BCUT2D eigenvalue weighted by atomic mass is 32.2. The quantitative estimate of drug-likeness (QED) is 0.813. The molecule has 8 heteroatoms. The summed E-state index contributed by atoms with van der Waals surface area (Å²) in [6.07, 6.45) is -0.639. The van der Waals surface area contributed by atoms with E-state index >= 15 is 0 Å². The van der Waals surface area contributed by atoms with Gasteiger partial charge in [0.2, 0.25) is 0 Å². The fourth-order valence-electron chi connectivity index (χ4n) is 1.60. The Morgan fingerprint density at radius 3 is 2.43 bits per heavy atom. The fourth-order valence-corrected chi connectivity index (χ4v) is 2.77. The van der Waals surface area contributed by atoms with E-state index in [4.69, 9.17) is 9.47 Å². The first kappa shape index (κ1) is 17.1. The Labute approximate surface area is 124 Å². The Morgan fingerprint density at radius 1 is 1.19 bits per heavy atom. The highest BCUT2D eigenvalue weighted by Gasteiger charge is 2.17. The molecule has 1 aromatic carbocycles. The van der Waals surface area contributed by atoms with Crippen LogP contribution in [0.25, 0.3) is 0 Å². The molecule has 0 saturated heterocycles. The molecule has 0 heterocycles. The Hall–Kier alpha value is -1.96. The van der Waals surface area contributed by atoms with Crippen molar-refractivity contribution in [2.75, 3.05) is 33.1 Å². The van der Waals surface area contributed by atoms with Crippen molar-refractivity contribution in [1.29, 1.82) is 0 Å². The normalized spacial score (nSPS) is 10.8. The van der Waals surface area contributed by atoms with Crippen LogP contribution in [-0.4, -0.2) is 47.6 Å². The lowest BCUT2D eigenvalue weighted by atomic mass is 10.3. The molecule has 0 unspecified atom stereocenters. The minimum Gasteiger partial charge on any atom is -0.493 e. The highest BCUT2D eigenvalue weighted by Crippen LogP contribution is 2.29. The summed E-state index contributed by atoms with van der Waals surface area (Å²) in [5.41, 5.74) is 0. The van der Waals surface area contributed by atoms with E-state index < -0.39 is 15.9 Å². The van der Waals surface area contributed by atoms with Crippen LogP contribution in [0.15, 0.2) is 23.1 Å². The second-order valence-electron chi connectivity index (χ2n) is 3.98. The lowest BCUT2D eigenvalue weighted by molar-refractivity contribution is 0.153. The molecular formula is C13H19NO6S. The van der Waals surface area contributed by atoms with Gasteiger partial charge in [-0.2, -0.15) is 0 Å². The zero-order valence-electron chi connectivity index (χ0n) is 12.2. The maximum absolute atomic E-state index is 12.2. The van der Waals surface area contributed by atoms with E-state index in [1.54, 1.807) is 6.92 Å². The number of hydrogen-bond acceptors (Lipinski definition) is 6. The largest absolute Gasteiger partial charge is 0.493 e. The summed E-state index contributed by atoms with van der Waals surface area (Å²) in [6.45, 7) is 1.86. The van der Waals surface area contributed by atoms with Crippen molar-refractivity contribution in [3.8, 4) is 11.5 Å². The summed E-state index contributed by atoms with van der Waals surface area (Å²) >= 11 is 0. The zero-order valence-corrected chi connectivity index (χ0v) is 13.0. The predicted octanol–water partition coefficient (Wildman–Crippen LogP) is 1.22. The molecule has 0 atom stereocenters. The monoisotopic (exact) mass is 317 g/mol. The molecular weight excluding hydrogens is 298 g/mol. The summed E-state index contributed by atoms with van der Waals surface area (Å²) in [4.78, 5) is 11.2. The Morgan fingerprint density at radius 2 is 1.86 bits per heavy atom. The number of benzene rings is 1. The van der Waals surface area contributed by atoms with Gasteiger partial charge in [-0.3, -0.25) is 0 Å². The summed E-state index contributed by atoms with van der Waals surface area (Å²) in [5.74, 6) is 0.541. The Bertz CT molecular complexity index is 584. The van der Waals surface area contributed by atoms with Gasteiger partial charge in [-0.1, -0.05) is 0 Å². The average molecular weight is 317 g/mol. The van der Waals surface area contributed by atoms with E-state index in [1.165, 1.54) is 32.4 Å². The third-order valence-electron chi connectivity index (χ3n) is 2.63. The molecule has 118 valence electrons. The van der Waals surface area contributed by atoms with Crippen LogP contribution in [0.5, 0.6) is 11.5 Å². The van der Waals surface area contributed by atoms with Crippen molar-refractivity contribution in [3.63, 3.8) is 0 Å². The molecule has 1 rings (SSSR count). The SMILES string of the molecule is CCOC(=O)NCCS(=O)(=O)c1ccc(OC)c(OC)c1. The highest BCUT2D eigenvalue weighted by molar-refractivity contribution is 7.91. The topological polar surface area (TPSA) is 90.9 Å². The number of carbonyl (C=O) groups excluding carboxylic acids is 1. The third kappa shape index (κ3) is 4.82. The van der Waals surface area contributed by atoms with Crippen molar-refractivity contribution in [3.05, 3.63) is 18.2 Å². The van der Waals surface area contributed by atoms with E-state index in [9.17, 15) is 13.2 Å². The maximum Gasteiger partial charge on any atom is 0.407 e. The number of rotatable bonds is 7. The molecule has 1 aromatic rings. The molecule has 0 aliphatic rings. The minimum atomic E-state index is -3.53. The van der Waals surface area contributed by atoms with Crippen LogP contribution in [0, 0.1) is 0 Å². The molecule has 0 bridgehead atoms. The van der Waals surface area contributed by atoms with Crippen LogP contribution in [0.1, 0.15) is 6.92 Å². The van der Waals surface area contributed by atoms with Crippen LogP contribution in [0.3, 0.4) is 0 Å². The van der Waals surface area contributed by atoms with Crippen LogP contribution in [0.4, 0.5) is 4.79 Å². The summed E-state index contributed by atoms with van der Waals surface area (Å²) in [5, 5.41) is 2.36. The van der Waals surface area contributed by atoms with Crippen molar-refractivity contribution in [1.82, 2.24) is 5.32 Å². The van der Waals surface area contributed by atoms with Crippen LogP contribution >= 0.6 is 0 Å².